The van der Waals surface area contributed by atoms with Gasteiger partial charge < -0.3 is 5.73 Å². The van der Waals surface area contributed by atoms with Crippen LogP contribution in [0.5, 0.6) is 0 Å². The van der Waals surface area contributed by atoms with E-state index in [4.69, 9.17) is 5.73 Å². The van der Waals surface area contributed by atoms with Gasteiger partial charge in [-0.1, -0.05) is 6.08 Å². The van der Waals surface area contributed by atoms with Crippen LogP contribution in [0.4, 0.5) is 0 Å². The highest BCUT2D eigenvalue weighted by molar-refractivity contribution is 7.89. The maximum Gasteiger partial charge on any atom is 0.214 e. The van der Waals surface area contributed by atoms with Gasteiger partial charge in [0, 0.05) is 12.6 Å². The van der Waals surface area contributed by atoms with Gasteiger partial charge in [0.05, 0.1) is 5.75 Å². The van der Waals surface area contributed by atoms with E-state index in [2.05, 4.69) is 6.58 Å². The second-order valence-corrected chi connectivity index (χ2v) is 6.19. The molecule has 2 atom stereocenters. The molecular weight excluding hydrogens is 212 g/mol. The average Bonchev–Trinajstić information content (AvgIpc) is 2.57. The van der Waals surface area contributed by atoms with E-state index in [9.17, 15) is 8.42 Å². The standard InChI is InChI=1S/C10H20N2O2S/c1-3-4-5-15(13,14)12-8-10(7-11)6-9(12)2/h3,9-10H,1,4-8,11H2,2H3. The SMILES string of the molecule is C=CCCS(=O)(=O)N1CC(CN)CC1C. The summed E-state index contributed by atoms with van der Waals surface area (Å²) in [7, 11) is -3.11. The first-order valence-corrected chi connectivity index (χ1v) is 6.92. The Balaban J connectivity index is 2.67. The van der Waals surface area contributed by atoms with Gasteiger partial charge in [-0.3, -0.25) is 0 Å². The van der Waals surface area contributed by atoms with E-state index in [0.29, 0.717) is 25.4 Å². The van der Waals surface area contributed by atoms with E-state index in [1.54, 1.807) is 10.4 Å². The van der Waals surface area contributed by atoms with Crippen LogP contribution in [-0.2, 0) is 10.0 Å². The van der Waals surface area contributed by atoms with Crippen LogP contribution >= 0.6 is 0 Å². The van der Waals surface area contributed by atoms with Crippen molar-refractivity contribution < 1.29 is 8.42 Å². The van der Waals surface area contributed by atoms with Gasteiger partial charge in [0.1, 0.15) is 0 Å². The van der Waals surface area contributed by atoms with Gasteiger partial charge in [-0.05, 0) is 32.2 Å². The van der Waals surface area contributed by atoms with Crippen molar-refractivity contribution in [2.45, 2.75) is 25.8 Å². The first-order chi connectivity index (χ1) is 7.01. The van der Waals surface area contributed by atoms with E-state index in [-0.39, 0.29) is 11.8 Å². The van der Waals surface area contributed by atoms with Crippen molar-refractivity contribution in [3.05, 3.63) is 12.7 Å². The molecule has 1 fully saturated rings. The predicted octanol–water partition coefficient (Wildman–Crippen LogP) is 0.561. The molecule has 0 aliphatic carbocycles. The van der Waals surface area contributed by atoms with E-state index >= 15 is 0 Å². The minimum absolute atomic E-state index is 0.0911. The van der Waals surface area contributed by atoms with Crippen molar-refractivity contribution in [3.8, 4) is 0 Å². The van der Waals surface area contributed by atoms with E-state index < -0.39 is 10.0 Å². The molecule has 5 heteroatoms. The molecule has 0 bridgehead atoms. The molecule has 1 saturated heterocycles. The van der Waals surface area contributed by atoms with Crippen molar-refractivity contribution in [2.75, 3.05) is 18.8 Å². The lowest BCUT2D eigenvalue weighted by atomic mass is 10.1. The molecule has 0 saturated carbocycles. The van der Waals surface area contributed by atoms with Gasteiger partial charge >= 0.3 is 0 Å². The number of allylic oxidation sites excluding steroid dienone is 1. The monoisotopic (exact) mass is 232 g/mol. The van der Waals surface area contributed by atoms with Crippen LogP contribution < -0.4 is 5.73 Å². The van der Waals surface area contributed by atoms with Crippen molar-refractivity contribution in [3.63, 3.8) is 0 Å². The third-order valence-electron chi connectivity index (χ3n) is 2.87. The Bertz CT molecular complexity index is 313. The molecule has 0 spiro atoms. The Labute approximate surface area is 92.2 Å². The molecule has 0 aromatic heterocycles. The number of hydrogen-bond donors (Lipinski definition) is 1. The van der Waals surface area contributed by atoms with Crippen LogP contribution in [0.15, 0.2) is 12.7 Å². The fourth-order valence-corrected chi connectivity index (χ4v) is 3.79. The lowest BCUT2D eigenvalue weighted by Gasteiger charge is -2.20. The second kappa shape index (κ2) is 5.09. The molecule has 2 N–H and O–H groups in total. The Morgan fingerprint density at radius 1 is 1.60 bits per heavy atom. The molecule has 0 radical (unpaired) electrons. The largest absolute Gasteiger partial charge is 0.330 e. The molecule has 2 unspecified atom stereocenters. The van der Waals surface area contributed by atoms with E-state index in [0.717, 1.165) is 6.42 Å². The molecule has 0 aromatic carbocycles. The smallest absolute Gasteiger partial charge is 0.214 e. The maximum absolute atomic E-state index is 11.9. The second-order valence-electron chi connectivity index (χ2n) is 4.15. The van der Waals surface area contributed by atoms with Crippen molar-refractivity contribution in [1.82, 2.24) is 4.31 Å². The van der Waals surface area contributed by atoms with Gasteiger partial charge in [0.15, 0.2) is 0 Å². The molecular formula is C10H20N2O2S. The summed E-state index contributed by atoms with van der Waals surface area (Å²) in [6, 6.07) is 0.0911. The summed E-state index contributed by atoms with van der Waals surface area (Å²) < 4.78 is 25.4. The van der Waals surface area contributed by atoms with Crippen molar-refractivity contribution in [2.24, 2.45) is 11.7 Å². The van der Waals surface area contributed by atoms with Crippen LogP contribution in [0.1, 0.15) is 19.8 Å². The number of hydrogen-bond acceptors (Lipinski definition) is 3. The Morgan fingerprint density at radius 2 is 2.27 bits per heavy atom. The minimum atomic E-state index is -3.11. The summed E-state index contributed by atoms with van der Waals surface area (Å²) in [4.78, 5) is 0. The first-order valence-electron chi connectivity index (χ1n) is 5.31. The van der Waals surface area contributed by atoms with Crippen LogP contribution in [0.3, 0.4) is 0 Å². The highest BCUT2D eigenvalue weighted by Gasteiger charge is 2.35. The quantitative estimate of drug-likeness (QED) is 0.705. The Morgan fingerprint density at radius 3 is 2.73 bits per heavy atom. The van der Waals surface area contributed by atoms with E-state index in [1.165, 1.54) is 0 Å². The lowest BCUT2D eigenvalue weighted by molar-refractivity contribution is 0.405. The van der Waals surface area contributed by atoms with Crippen molar-refractivity contribution >= 4 is 10.0 Å². The third-order valence-corrected chi connectivity index (χ3v) is 4.85. The number of rotatable bonds is 5. The van der Waals surface area contributed by atoms with Crippen LogP contribution in [0.25, 0.3) is 0 Å². The summed E-state index contributed by atoms with van der Waals surface area (Å²) in [6.45, 7) is 6.63. The number of nitrogens with two attached hydrogens (primary N) is 1. The molecule has 0 aromatic rings. The first kappa shape index (κ1) is 12.7. The summed E-state index contributed by atoms with van der Waals surface area (Å²) in [6.07, 6.45) is 3.03. The molecule has 1 heterocycles. The zero-order valence-electron chi connectivity index (χ0n) is 9.22. The van der Waals surface area contributed by atoms with Gasteiger partial charge in [-0.15, -0.1) is 6.58 Å². The zero-order chi connectivity index (χ0) is 11.5. The van der Waals surface area contributed by atoms with Crippen LogP contribution in [0.2, 0.25) is 0 Å². The van der Waals surface area contributed by atoms with Crippen molar-refractivity contribution in [1.29, 1.82) is 0 Å². The predicted molar refractivity (Wildman–Crippen MR) is 61.9 cm³/mol. The topological polar surface area (TPSA) is 63.4 Å². The number of sulfonamides is 1. The Hall–Kier alpha value is -0.390. The summed E-state index contributed by atoms with van der Waals surface area (Å²) in [5.74, 6) is 0.483. The molecule has 15 heavy (non-hydrogen) atoms. The molecule has 1 aliphatic heterocycles. The Kier molecular flexibility index (Phi) is 4.31. The highest BCUT2D eigenvalue weighted by Crippen LogP contribution is 2.25. The van der Waals surface area contributed by atoms with Gasteiger partial charge in [0.25, 0.3) is 0 Å². The van der Waals surface area contributed by atoms with E-state index in [1.807, 2.05) is 6.92 Å². The summed E-state index contributed by atoms with van der Waals surface area (Å²) in [5.41, 5.74) is 5.56. The third kappa shape index (κ3) is 3.03. The molecule has 1 rings (SSSR count). The van der Waals surface area contributed by atoms with Gasteiger partial charge in [-0.2, -0.15) is 4.31 Å². The summed E-state index contributed by atoms with van der Waals surface area (Å²) in [5, 5.41) is 0. The zero-order valence-corrected chi connectivity index (χ0v) is 10.0. The lowest BCUT2D eigenvalue weighted by Crippen LogP contribution is -2.36. The number of nitrogens with zero attached hydrogens (tertiary/aromatic N) is 1. The van der Waals surface area contributed by atoms with Crippen LogP contribution in [-0.4, -0.2) is 37.6 Å². The van der Waals surface area contributed by atoms with Crippen LogP contribution in [0, 0.1) is 5.92 Å². The molecule has 88 valence electrons. The normalized spacial score (nSPS) is 28.1. The fourth-order valence-electron chi connectivity index (χ4n) is 2.02. The molecule has 0 amide bonds. The van der Waals surface area contributed by atoms with Gasteiger partial charge in [0.2, 0.25) is 10.0 Å². The maximum atomic E-state index is 11.9. The minimum Gasteiger partial charge on any atom is -0.330 e. The highest BCUT2D eigenvalue weighted by atomic mass is 32.2. The molecule has 4 nitrogen and oxygen atoms in total. The van der Waals surface area contributed by atoms with Gasteiger partial charge in [-0.25, -0.2) is 8.42 Å². The molecule has 1 aliphatic rings. The summed E-state index contributed by atoms with van der Waals surface area (Å²) >= 11 is 0. The fraction of sp³-hybridized carbons (Fsp3) is 0.800. The average molecular weight is 232 g/mol.